The van der Waals surface area contributed by atoms with Gasteiger partial charge in [0.2, 0.25) is 0 Å². The molecule has 0 unspecified atom stereocenters. The molecule has 0 N–H and O–H groups in total. The minimum absolute atomic E-state index is 0.0469. The summed E-state index contributed by atoms with van der Waals surface area (Å²) in [4.78, 5) is 10.8. The predicted molar refractivity (Wildman–Crippen MR) is 63.5 cm³/mol. The van der Waals surface area contributed by atoms with Crippen molar-refractivity contribution in [2.24, 2.45) is 0 Å². The number of hydrogen-bond acceptors (Lipinski definition) is 4. The van der Waals surface area contributed by atoms with Gasteiger partial charge < -0.3 is 4.74 Å². The SMILES string of the molecule is COC(=O)c1cc(S(=O)(=O)F)cc(I)c1C. The summed E-state index contributed by atoms with van der Waals surface area (Å²) < 4.78 is 39.2. The largest absolute Gasteiger partial charge is 0.465 e. The lowest BCUT2D eigenvalue weighted by Gasteiger charge is -2.07. The van der Waals surface area contributed by atoms with Crippen LogP contribution in [0.5, 0.6) is 0 Å². The molecule has 0 saturated heterocycles. The fraction of sp³-hybridized carbons (Fsp3) is 0.222. The first-order valence-electron chi connectivity index (χ1n) is 4.10. The standard InChI is InChI=1S/C9H8FIO4S/c1-5-7(9(12)15-2)3-6(4-8(5)11)16(10,13)14/h3-4H,1-2H3. The smallest absolute Gasteiger partial charge is 0.338 e. The number of esters is 1. The van der Waals surface area contributed by atoms with Gasteiger partial charge in [-0.2, -0.15) is 8.42 Å². The Morgan fingerprint density at radius 2 is 2.00 bits per heavy atom. The number of halogens is 2. The number of carbonyl (C=O) groups is 1. The Balaban J connectivity index is 3.51. The molecule has 0 atom stereocenters. The zero-order chi connectivity index (χ0) is 12.5. The van der Waals surface area contributed by atoms with E-state index in [9.17, 15) is 17.1 Å². The third-order valence-electron chi connectivity index (χ3n) is 2.00. The second-order valence-corrected chi connectivity index (χ2v) is 5.52. The molecule has 16 heavy (non-hydrogen) atoms. The van der Waals surface area contributed by atoms with Crippen molar-refractivity contribution in [3.05, 3.63) is 26.8 Å². The highest BCUT2D eigenvalue weighted by molar-refractivity contribution is 14.1. The summed E-state index contributed by atoms with van der Waals surface area (Å²) >= 11 is 1.83. The molecule has 0 spiro atoms. The van der Waals surface area contributed by atoms with E-state index in [1.807, 2.05) is 22.6 Å². The van der Waals surface area contributed by atoms with Gasteiger partial charge in [0.05, 0.1) is 12.7 Å². The van der Waals surface area contributed by atoms with E-state index in [-0.39, 0.29) is 5.56 Å². The maximum atomic E-state index is 12.8. The first kappa shape index (κ1) is 13.4. The molecule has 0 heterocycles. The lowest BCUT2D eigenvalue weighted by Crippen LogP contribution is -2.07. The zero-order valence-corrected chi connectivity index (χ0v) is 11.4. The van der Waals surface area contributed by atoms with Gasteiger partial charge in [-0.3, -0.25) is 0 Å². The van der Waals surface area contributed by atoms with E-state index < -0.39 is 21.1 Å². The maximum absolute atomic E-state index is 12.8. The van der Waals surface area contributed by atoms with Crippen molar-refractivity contribution >= 4 is 38.8 Å². The van der Waals surface area contributed by atoms with Crippen LogP contribution < -0.4 is 0 Å². The third-order valence-corrected chi connectivity index (χ3v) is 3.92. The molecule has 1 aromatic carbocycles. The second kappa shape index (κ2) is 4.66. The molecule has 88 valence electrons. The number of methoxy groups -OCH3 is 1. The Morgan fingerprint density at radius 1 is 1.44 bits per heavy atom. The van der Waals surface area contributed by atoms with Gasteiger partial charge in [0.25, 0.3) is 0 Å². The first-order valence-corrected chi connectivity index (χ1v) is 6.56. The van der Waals surface area contributed by atoms with Crippen molar-refractivity contribution < 1.29 is 21.8 Å². The third kappa shape index (κ3) is 2.70. The van der Waals surface area contributed by atoms with Gasteiger partial charge in [-0.25, -0.2) is 4.79 Å². The van der Waals surface area contributed by atoms with Gasteiger partial charge >= 0.3 is 16.2 Å². The molecule has 0 aliphatic carbocycles. The fourth-order valence-corrected chi connectivity index (χ4v) is 2.47. The van der Waals surface area contributed by atoms with Gasteiger partial charge in [-0.05, 0) is 47.2 Å². The summed E-state index contributed by atoms with van der Waals surface area (Å²) in [5.41, 5.74) is 0.602. The quantitative estimate of drug-likeness (QED) is 0.461. The van der Waals surface area contributed by atoms with Crippen LogP contribution in [0.2, 0.25) is 0 Å². The first-order chi connectivity index (χ1) is 7.27. The lowest BCUT2D eigenvalue weighted by molar-refractivity contribution is 0.0599. The Hall–Kier alpha value is -0.700. The fourth-order valence-electron chi connectivity index (χ4n) is 1.12. The van der Waals surface area contributed by atoms with Crippen LogP contribution in [0, 0.1) is 10.5 Å². The molecular weight excluding hydrogens is 350 g/mol. The van der Waals surface area contributed by atoms with Crippen molar-refractivity contribution in [2.75, 3.05) is 7.11 Å². The molecule has 0 amide bonds. The molecule has 1 aromatic rings. The Labute approximate surface area is 106 Å². The minimum Gasteiger partial charge on any atom is -0.465 e. The number of hydrogen-bond donors (Lipinski definition) is 0. The highest BCUT2D eigenvalue weighted by Gasteiger charge is 2.19. The van der Waals surface area contributed by atoms with Gasteiger partial charge in [-0.1, -0.05) is 0 Å². The van der Waals surface area contributed by atoms with Crippen molar-refractivity contribution in [2.45, 2.75) is 11.8 Å². The molecule has 0 radical (unpaired) electrons. The lowest BCUT2D eigenvalue weighted by atomic mass is 10.1. The molecule has 1 rings (SSSR count). The second-order valence-electron chi connectivity index (χ2n) is 3.01. The van der Waals surface area contributed by atoms with Crippen LogP contribution in [0.15, 0.2) is 17.0 Å². The molecule has 0 aromatic heterocycles. The Kier molecular flexibility index (Phi) is 3.89. The van der Waals surface area contributed by atoms with Crippen LogP contribution in [0.3, 0.4) is 0 Å². The summed E-state index contributed by atoms with van der Waals surface area (Å²) in [5.74, 6) is -0.694. The average Bonchev–Trinajstić information content (AvgIpc) is 2.19. The summed E-state index contributed by atoms with van der Waals surface area (Å²) in [7, 11) is -3.65. The average molecular weight is 358 g/mol. The molecule has 7 heteroatoms. The van der Waals surface area contributed by atoms with Crippen LogP contribution in [-0.4, -0.2) is 21.5 Å². The number of ether oxygens (including phenoxy) is 1. The summed E-state index contributed by atoms with van der Waals surface area (Å²) in [6.45, 7) is 1.63. The van der Waals surface area contributed by atoms with E-state index in [4.69, 9.17) is 0 Å². The molecule has 0 saturated carbocycles. The van der Waals surface area contributed by atoms with E-state index in [1.54, 1.807) is 6.92 Å². The van der Waals surface area contributed by atoms with Crippen LogP contribution in [0.25, 0.3) is 0 Å². The van der Waals surface area contributed by atoms with Gasteiger partial charge in [0, 0.05) is 3.57 Å². The summed E-state index contributed by atoms with van der Waals surface area (Å²) in [6.07, 6.45) is 0. The van der Waals surface area contributed by atoms with Gasteiger partial charge in [0.15, 0.2) is 0 Å². The van der Waals surface area contributed by atoms with Crippen LogP contribution in [-0.2, 0) is 15.0 Å². The molecule has 4 nitrogen and oxygen atoms in total. The summed E-state index contributed by atoms with van der Waals surface area (Å²) in [6, 6.07) is 2.14. The topological polar surface area (TPSA) is 60.4 Å². The zero-order valence-electron chi connectivity index (χ0n) is 8.45. The van der Waals surface area contributed by atoms with Gasteiger partial charge in [-0.15, -0.1) is 3.89 Å². The number of benzene rings is 1. The molecule has 0 aliphatic rings. The molecule has 0 aliphatic heterocycles. The van der Waals surface area contributed by atoms with Crippen molar-refractivity contribution in [1.82, 2.24) is 0 Å². The Bertz CT molecular complexity index is 539. The highest BCUT2D eigenvalue weighted by atomic mass is 127. The van der Waals surface area contributed by atoms with Crippen LogP contribution in [0.1, 0.15) is 15.9 Å². The van der Waals surface area contributed by atoms with Crippen molar-refractivity contribution in [1.29, 1.82) is 0 Å². The minimum atomic E-state index is -4.82. The Morgan fingerprint density at radius 3 is 2.44 bits per heavy atom. The maximum Gasteiger partial charge on any atom is 0.338 e. The highest BCUT2D eigenvalue weighted by Crippen LogP contribution is 2.23. The summed E-state index contributed by atoms with van der Waals surface area (Å²) in [5, 5.41) is 0. The van der Waals surface area contributed by atoms with Crippen LogP contribution >= 0.6 is 22.6 Å². The van der Waals surface area contributed by atoms with E-state index in [1.165, 1.54) is 7.11 Å². The predicted octanol–water partition coefficient (Wildman–Crippen LogP) is 2.04. The van der Waals surface area contributed by atoms with Gasteiger partial charge in [0.1, 0.15) is 4.90 Å². The molecule has 0 fully saturated rings. The molecule has 0 bridgehead atoms. The van der Waals surface area contributed by atoms with E-state index in [0.717, 1.165) is 12.1 Å². The van der Waals surface area contributed by atoms with Crippen molar-refractivity contribution in [3.63, 3.8) is 0 Å². The van der Waals surface area contributed by atoms with Crippen LogP contribution in [0.4, 0.5) is 3.89 Å². The number of carbonyl (C=O) groups excluding carboxylic acids is 1. The number of rotatable bonds is 2. The van der Waals surface area contributed by atoms with Crippen molar-refractivity contribution in [3.8, 4) is 0 Å². The van der Waals surface area contributed by atoms with E-state index in [2.05, 4.69) is 4.74 Å². The van der Waals surface area contributed by atoms with E-state index >= 15 is 0 Å². The normalized spacial score (nSPS) is 11.2. The molecular formula is C9H8FIO4S. The monoisotopic (exact) mass is 358 g/mol. The van der Waals surface area contributed by atoms with E-state index in [0.29, 0.717) is 9.13 Å².